The Morgan fingerprint density at radius 3 is 2.44 bits per heavy atom. The van der Waals surface area contributed by atoms with Gasteiger partial charge in [-0.3, -0.25) is 0 Å². The van der Waals surface area contributed by atoms with E-state index in [0.29, 0.717) is 13.1 Å². The van der Waals surface area contributed by atoms with E-state index < -0.39 is 6.10 Å². The molecule has 52 valence electrons. The Labute approximate surface area is 60.1 Å². The number of nitrogens with zero attached hydrogens (tertiary/aromatic N) is 1. The second-order valence-electron chi connectivity index (χ2n) is 1.96. The summed E-state index contributed by atoms with van der Waals surface area (Å²) < 4.78 is 0. The van der Waals surface area contributed by atoms with E-state index in [2.05, 4.69) is 5.32 Å². The van der Waals surface area contributed by atoms with Gasteiger partial charge < -0.3 is 10.4 Å². The maximum Gasteiger partial charge on any atom is 0.0859 e. The predicted molar refractivity (Wildman–Crippen MR) is 35.2 cm³/mol. The molecule has 2 N–H and O–H groups in total. The number of hydrogen-bond acceptors (Lipinski definition) is 3. The molecule has 2 atom stereocenters. The van der Waals surface area contributed by atoms with Crippen LogP contribution < -0.4 is 5.32 Å². The molecule has 1 saturated heterocycles. The molecular weight excluding hydrogens is 140 g/mol. The minimum absolute atomic E-state index is 0. The fraction of sp³-hybridized carbons (Fsp3) is 0.800. The fourth-order valence-corrected chi connectivity index (χ4v) is 0.797. The molecule has 1 heterocycles. The lowest BCUT2D eigenvalue weighted by Gasteiger charge is -1.99. The number of halogens is 1. The summed E-state index contributed by atoms with van der Waals surface area (Å²) in [5.41, 5.74) is 0. The van der Waals surface area contributed by atoms with Crippen LogP contribution in [0.15, 0.2) is 0 Å². The summed E-state index contributed by atoms with van der Waals surface area (Å²) in [5, 5.41) is 20.1. The average molecular weight is 149 g/mol. The monoisotopic (exact) mass is 148 g/mol. The van der Waals surface area contributed by atoms with Crippen molar-refractivity contribution < 1.29 is 5.11 Å². The van der Waals surface area contributed by atoms with Gasteiger partial charge in [0.2, 0.25) is 0 Å². The van der Waals surface area contributed by atoms with Crippen molar-refractivity contribution in [3.63, 3.8) is 0 Å². The van der Waals surface area contributed by atoms with Crippen molar-refractivity contribution in [3.05, 3.63) is 0 Å². The normalized spacial score (nSPS) is 32.9. The molecule has 0 spiro atoms. The number of nitriles is 1. The van der Waals surface area contributed by atoms with Crippen LogP contribution in [-0.4, -0.2) is 24.3 Å². The van der Waals surface area contributed by atoms with Crippen molar-refractivity contribution in [1.29, 1.82) is 5.26 Å². The van der Waals surface area contributed by atoms with Gasteiger partial charge in [0.15, 0.2) is 0 Å². The summed E-state index contributed by atoms with van der Waals surface area (Å²) in [4.78, 5) is 0. The van der Waals surface area contributed by atoms with Crippen molar-refractivity contribution in [3.8, 4) is 6.07 Å². The zero-order valence-corrected chi connectivity index (χ0v) is 5.69. The van der Waals surface area contributed by atoms with Crippen LogP contribution in [0.5, 0.6) is 0 Å². The minimum Gasteiger partial charge on any atom is -0.390 e. The van der Waals surface area contributed by atoms with Crippen molar-refractivity contribution in [1.82, 2.24) is 5.32 Å². The lowest BCUT2D eigenvalue weighted by atomic mass is 10.1. The first-order valence-electron chi connectivity index (χ1n) is 2.63. The molecule has 0 saturated carbocycles. The first kappa shape index (κ1) is 8.70. The summed E-state index contributed by atoms with van der Waals surface area (Å²) in [6.07, 6.45) is -0.444. The number of aliphatic hydroxyl groups excluding tert-OH is 1. The van der Waals surface area contributed by atoms with Crippen LogP contribution in [0.3, 0.4) is 0 Å². The summed E-state index contributed by atoms with van der Waals surface area (Å²) in [7, 11) is 0. The number of rotatable bonds is 0. The number of β-amino-alcohol motifs (C(OH)–C–C–N with tert-alkyl or cyclic N) is 1. The molecule has 0 aromatic rings. The Kier molecular flexibility index (Phi) is 3.55. The maximum absolute atomic E-state index is 8.90. The largest absolute Gasteiger partial charge is 0.390 e. The highest BCUT2D eigenvalue weighted by molar-refractivity contribution is 5.85. The molecule has 0 aliphatic carbocycles. The SMILES string of the molecule is Cl.N#C[C@H]1CNC[C@@H]1O. The quantitative estimate of drug-likeness (QED) is 0.488. The molecule has 1 rings (SSSR count). The average Bonchev–Trinajstić information content (AvgIpc) is 2.14. The van der Waals surface area contributed by atoms with E-state index in [0.717, 1.165) is 0 Å². The molecule has 0 unspecified atom stereocenters. The highest BCUT2D eigenvalue weighted by atomic mass is 35.5. The van der Waals surface area contributed by atoms with Crippen LogP contribution in [0.25, 0.3) is 0 Å². The summed E-state index contributed by atoms with van der Waals surface area (Å²) in [6, 6.07) is 2.00. The van der Waals surface area contributed by atoms with Gasteiger partial charge >= 0.3 is 0 Å². The number of aliphatic hydroxyl groups is 1. The van der Waals surface area contributed by atoms with Gasteiger partial charge in [0.1, 0.15) is 0 Å². The molecule has 4 heteroatoms. The molecule has 0 bridgehead atoms. The predicted octanol–water partition coefficient (Wildman–Crippen LogP) is -0.488. The van der Waals surface area contributed by atoms with Gasteiger partial charge in [0, 0.05) is 13.1 Å². The van der Waals surface area contributed by atoms with Crippen LogP contribution in [0, 0.1) is 17.2 Å². The lowest BCUT2D eigenvalue weighted by molar-refractivity contribution is 0.170. The van der Waals surface area contributed by atoms with Crippen molar-refractivity contribution >= 4 is 12.4 Å². The molecule has 3 nitrogen and oxygen atoms in total. The Hall–Kier alpha value is -0.300. The second-order valence-corrected chi connectivity index (χ2v) is 1.96. The van der Waals surface area contributed by atoms with Gasteiger partial charge in [-0.25, -0.2) is 0 Å². The van der Waals surface area contributed by atoms with E-state index in [9.17, 15) is 0 Å². The van der Waals surface area contributed by atoms with E-state index in [1.54, 1.807) is 0 Å². The number of hydrogen-bond donors (Lipinski definition) is 2. The van der Waals surface area contributed by atoms with Crippen LogP contribution in [0.2, 0.25) is 0 Å². The third kappa shape index (κ3) is 1.83. The molecule has 0 radical (unpaired) electrons. The van der Waals surface area contributed by atoms with E-state index in [4.69, 9.17) is 10.4 Å². The molecule has 0 amide bonds. The second kappa shape index (κ2) is 3.67. The van der Waals surface area contributed by atoms with Gasteiger partial charge in [-0.1, -0.05) is 0 Å². The van der Waals surface area contributed by atoms with Crippen LogP contribution >= 0.6 is 12.4 Å². The molecule has 1 fully saturated rings. The third-order valence-corrected chi connectivity index (χ3v) is 1.35. The summed E-state index contributed by atoms with van der Waals surface area (Å²) >= 11 is 0. The van der Waals surface area contributed by atoms with Gasteiger partial charge in [-0.05, 0) is 0 Å². The van der Waals surface area contributed by atoms with Gasteiger partial charge in [0.25, 0.3) is 0 Å². The number of nitrogens with one attached hydrogen (secondary N) is 1. The van der Waals surface area contributed by atoms with Gasteiger partial charge in [-0.2, -0.15) is 5.26 Å². The lowest BCUT2D eigenvalue weighted by Crippen LogP contribution is -2.15. The Morgan fingerprint density at radius 1 is 1.56 bits per heavy atom. The Bertz CT molecular complexity index is 123. The van der Waals surface area contributed by atoms with Gasteiger partial charge in [0.05, 0.1) is 18.1 Å². The first-order valence-corrected chi connectivity index (χ1v) is 2.63. The first-order chi connectivity index (χ1) is 3.84. The third-order valence-electron chi connectivity index (χ3n) is 1.35. The van der Waals surface area contributed by atoms with E-state index in [1.807, 2.05) is 6.07 Å². The highest BCUT2D eigenvalue weighted by Gasteiger charge is 2.23. The molecule has 9 heavy (non-hydrogen) atoms. The van der Waals surface area contributed by atoms with Crippen LogP contribution in [0.1, 0.15) is 0 Å². The fourth-order valence-electron chi connectivity index (χ4n) is 0.797. The van der Waals surface area contributed by atoms with E-state index in [1.165, 1.54) is 0 Å². The molecule has 1 aliphatic heterocycles. The van der Waals surface area contributed by atoms with Crippen molar-refractivity contribution in [2.45, 2.75) is 6.10 Å². The van der Waals surface area contributed by atoms with E-state index in [-0.39, 0.29) is 18.3 Å². The zero-order chi connectivity index (χ0) is 5.98. The minimum atomic E-state index is -0.444. The highest BCUT2D eigenvalue weighted by Crippen LogP contribution is 2.05. The molecular formula is C5H9ClN2O. The molecule has 0 aromatic carbocycles. The standard InChI is InChI=1S/C5H8N2O.ClH/c6-1-4-2-7-3-5(4)8;/h4-5,7-8H,2-3H2;1H/t4-,5-;/m0./s1. The molecule has 1 aliphatic rings. The summed E-state index contributed by atoms with van der Waals surface area (Å²) in [5.74, 6) is -0.185. The van der Waals surface area contributed by atoms with Crippen molar-refractivity contribution in [2.24, 2.45) is 5.92 Å². The Morgan fingerprint density at radius 2 is 2.22 bits per heavy atom. The van der Waals surface area contributed by atoms with Crippen LogP contribution in [0.4, 0.5) is 0 Å². The maximum atomic E-state index is 8.90. The smallest absolute Gasteiger partial charge is 0.0859 e. The van der Waals surface area contributed by atoms with Crippen molar-refractivity contribution in [2.75, 3.05) is 13.1 Å². The van der Waals surface area contributed by atoms with Crippen LogP contribution in [-0.2, 0) is 0 Å². The van der Waals surface area contributed by atoms with Gasteiger partial charge in [-0.15, -0.1) is 12.4 Å². The Balaban J connectivity index is 0.000000640. The zero-order valence-electron chi connectivity index (χ0n) is 4.87. The topological polar surface area (TPSA) is 56.0 Å². The summed E-state index contributed by atoms with van der Waals surface area (Å²) in [6.45, 7) is 1.20. The van der Waals surface area contributed by atoms with E-state index >= 15 is 0 Å². The molecule has 0 aromatic heterocycles.